The summed E-state index contributed by atoms with van der Waals surface area (Å²) in [6, 6.07) is 7.49. The number of pyridine rings is 1. The summed E-state index contributed by atoms with van der Waals surface area (Å²) >= 11 is 0. The van der Waals surface area contributed by atoms with Crippen LogP contribution in [0, 0.1) is 6.92 Å². The summed E-state index contributed by atoms with van der Waals surface area (Å²) in [6.45, 7) is 4.02. The van der Waals surface area contributed by atoms with Crippen LogP contribution in [-0.4, -0.2) is 28.8 Å². The first kappa shape index (κ1) is 15.3. The number of nitrogens with one attached hydrogen (secondary N) is 2. The lowest BCUT2D eigenvalue weighted by molar-refractivity contribution is 0.237. The van der Waals surface area contributed by atoms with Crippen molar-refractivity contribution in [1.29, 1.82) is 0 Å². The average molecular weight is 287 g/mol. The molecule has 1 atom stereocenters. The minimum absolute atomic E-state index is 0.0287. The van der Waals surface area contributed by atoms with E-state index in [1.165, 1.54) is 0 Å². The maximum atomic E-state index is 12.1. The number of aryl methyl sites for hydroxylation is 1. The summed E-state index contributed by atoms with van der Waals surface area (Å²) in [5.41, 5.74) is 2.53. The molecule has 0 aliphatic rings. The zero-order valence-electron chi connectivity index (χ0n) is 12.4. The zero-order chi connectivity index (χ0) is 15.2. The number of aliphatic hydroxyl groups excluding tert-OH is 1. The Morgan fingerprint density at radius 3 is 2.95 bits per heavy atom. The van der Waals surface area contributed by atoms with E-state index in [2.05, 4.69) is 15.6 Å². The van der Waals surface area contributed by atoms with Crippen LogP contribution in [-0.2, 0) is 0 Å². The largest absolute Gasteiger partial charge is 0.396 e. The Hall–Kier alpha value is -2.14. The molecule has 2 aromatic rings. The Morgan fingerprint density at radius 1 is 1.43 bits per heavy atom. The van der Waals surface area contributed by atoms with Gasteiger partial charge < -0.3 is 15.7 Å². The fourth-order valence-electron chi connectivity index (χ4n) is 2.32. The number of nitrogens with zero attached hydrogens (tertiary/aromatic N) is 1. The molecule has 0 fully saturated rings. The highest BCUT2D eigenvalue weighted by molar-refractivity contribution is 6.00. The van der Waals surface area contributed by atoms with Crippen LogP contribution in [0.2, 0.25) is 0 Å². The van der Waals surface area contributed by atoms with Crippen LogP contribution < -0.4 is 10.6 Å². The van der Waals surface area contributed by atoms with Gasteiger partial charge in [-0.25, -0.2) is 4.79 Å². The van der Waals surface area contributed by atoms with Gasteiger partial charge in [0.2, 0.25) is 0 Å². The van der Waals surface area contributed by atoms with Gasteiger partial charge >= 0.3 is 6.03 Å². The summed E-state index contributed by atoms with van der Waals surface area (Å²) in [6.07, 6.45) is 3.04. The predicted octanol–water partition coefficient (Wildman–Crippen LogP) is 2.83. The number of hydrogen-bond acceptors (Lipinski definition) is 3. The maximum absolute atomic E-state index is 12.1. The van der Waals surface area contributed by atoms with Crippen LogP contribution in [0.3, 0.4) is 0 Å². The molecular formula is C16H21N3O2. The molecule has 0 bridgehead atoms. The maximum Gasteiger partial charge on any atom is 0.319 e. The first-order valence-corrected chi connectivity index (χ1v) is 7.17. The number of carbonyl (C=O) groups is 1. The normalized spacial score (nSPS) is 12.1. The van der Waals surface area contributed by atoms with Gasteiger partial charge in [0, 0.05) is 24.2 Å². The van der Waals surface area contributed by atoms with E-state index in [-0.39, 0.29) is 18.7 Å². The lowest BCUT2D eigenvalue weighted by atomic mass is 10.1. The lowest BCUT2D eigenvalue weighted by Crippen LogP contribution is -2.38. The predicted molar refractivity (Wildman–Crippen MR) is 84.4 cm³/mol. The standard InChI is InChI=1S/C16H21N3O2/c1-3-13(6-8-20)18-16(21)19-14-10-11(2)9-12-5-4-7-17-15(12)14/h4-5,7,9-10,13,20H,3,6,8H2,1-2H3,(H2,18,19,21). The van der Waals surface area contributed by atoms with Crippen molar-refractivity contribution in [3.63, 3.8) is 0 Å². The molecule has 0 radical (unpaired) electrons. The third-order valence-electron chi connectivity index (χ3n) is 3.40. The quantitative estimate of drug-likeness (QED) is 0.791. The van der Waals surface area contributed by atoms with Gasteiger partial charge in [0.15, 0.2) is 0 Å². The monoisotopic (exact) mass is 287 g/mol. The molecule has 21 heavy (non-hydrogen) atoms. The molecule has 0 spiro atoms. The van der Waals surface area contributed by atoms with E-state index in [0.717, 1.165) is 22.9 Å². The van der Waals surface area contributed by atoms with E-state index < -0.39 is 0 Å². The second kappa shape index (κ2) is 7.04. The van der Waals surface area contributed by atoms with Gasteiger partial charge in [0.25, 0.3) is 0 Å². The molecule has 0 saturated carbocycles. The molecule has 3 N–H and O–H groups in total. The number of hydrogen-bond donors (Lipinski definition) is 3. The van der Waals surface area contributed by atoms with Crippen LogP contribution in [0.1, 0.15) is 25.3 Å². The third-order valence-corrected chi connectivity index (χ3v) is 3.40. The SMILES string of the molecule is CCC(CCO)NC(=O)Nc1cc(C)cc2cccnc12. The second-order valence-corrected chi connectivity index (χ2v) is 5.10. The van der Waals surface area contributed by atoms with E-state index in [9.17, 15) is 4.79 Å². The molecule has 1 aromatic carbocycles. The fourth-order valence-corrected chi connectivity index (χ4v) is 2.32. The fraction of sp³-hybridized carbons (Fsp3) is 0.375. The molecule has 1 aromatic heterocycles. The van der Waals surface area contributed by atoms with E-state index in [0.29, 0.717) is 12.1 Å². The minimum Gasteiger partial charge on any atom is -0.396 e. The summed E-state index contributed by atoms with van der Waals surface area (Å²) in [7, 11) is 0. The van der Waals surface area contributed by atoms with Crippen LogP contribution in [0.15, 0.2) is 30.5 Å². The topological polar surface area (TPSA) is 74.2 Å². The van der Waals surface area contributed by atoms with Crippen LogP contribution in [0.4, 0.5) is 10.5 Å². The molecular weight excluding hydrogens is 266 g/mol. The molecule has 5 heteroatoms. The van der Waals surface area contributed by atoms with E-state index in [1.807, 2.05) is 38.1 Å². The highest BCUT2D eigenvalue weighted by atomic mass is 16.3. The number of aliphatic hydroxyl groups is 1. The third kappa shape index (κ3) is 3.92. The second-order valence-electron chi connectivity index (χ2n) is 5.10. The lowest BCUT2D eigenvalue weighted by Gasteiger charge is -2.17. The van der Waals surface area contributed by atoms with Crippen molar-refractivity contribution in [2.45, 2.75) is 32.7 Å². The van der Waals surface area contributed by atoms with Crippen molar-refractivity contribution in [2.75, 3.05) is 11.9 Å². The van der Waals surface area contributed by atoms with Gasteiger partial charge in [0.05, 0.1) is 11.2 Å². The summed E-state index contributed by atoms with van der Waals surface area (Å²) in [5, 5.41) is 15.7. The van der Waals surface area contributed by atoms with Crippen molar-refractivity contribution in [3.05, 3.63) is 36.0 Å². The summed E-state index contributed by atoms with van der Waals surface area (Å²) in [5.74, 6) is 0. The van der Waals surface area contributed by atoms with Gasteiger partial charge in [-0.05, 0) is 43.5 Å². The number of carbonyl (C=O) groups excluding carboxylic acids is 1. The average Bonchev–Trinajstić information content (AvgIpc) is 2.46. The van der Waals surface area contributed by atoms with E-state index in [4.69, 9.17) is 5.11 Å². The molecule has 0 aliphatic carbocycles. The van der Waals surface area contributed by atoms with Crippen molar-refractivity contribution < 1.29 is 9.90 Å². The highest BCUT2D eigenvalue weighted by Crippen LogP contribution is 2.23. The van der Waals surface area contributed by atoms with E-state index in [1.54, 1.807) is 6.20 Å². The molecule has 0 saturated heterocycles. The zero-order valence-corrected chi connectivity index (χ0v) is 12.4. The Morgan fingerprint density at radius 2 is 2.24 bits per heavy atom. The van der Waals surface area contributed by atoms with Crippen LogP contribution in [0.25, 0.3) is 10.9 Å². The van der Waals surface area contributed by atoms with Gasteiger partial charge in [-0.15, -0.1) is 0 Å². The number of aromatic nitrogens is 1. The first-order valence-electron chi connectivity index (χ1n) is 7.17. The molecule has 0 aliphatic heterocycles. The van der Waals surface area contributed by atoms with Gasteiger partial charge in [-0.3, -0.25) is 4.98 Å². The summed E-state index contributed by atoms with van der Waals surface area (Å²) < 4.78 is 0. The Balaban J connectivity index is 2.17. The molecule has 2 amide bonds. The Kier molecular flexibility index (Phi) is 5.11. The van der Waals surface area contributed by atoms with Gasteiger partial charge in [-0.1, -0.05) is 13.0 Å². The number of amides is 2. The molecule has 1 heterocycles. The molecule has 5 nitrogen and oxygen atoms in total. The van der Waals surface area contributed by atoms with Crippen molar-refractivity contribution in [3.8, 4) is 0 Å². The first-order chi connectivity index (χ1) is 10.1. The van der Waals surface area contributed by atoms with Crippen molar-refractivity contribution >= 4 is 22.6 Å². The number of anilines is 1. The van der Waals surface area contributed by atoms with Gasteiger partial charge in [0.1, 0.15) is 0 Å². The number of rotatable bonds is 5. The minimum atomic E-state index is -0.271. The van der Waals surface area contributed by atoms with Crippen LogP contribution in [0.5, 0.6) is 0 Å². The summed E-state index contributed by atoms with van der Waals surface area (Å²) in [4.78, 5) is 16.4. The van der Waals surface area contributed by atoms with Gasteiger partial charge in [-0.2, -0.15) is 0 Å². The highest BCUT2D eigenvalue weighted by Gasteiger charge is 2.11. The van der Waals surface area contributed by atoms with Crippen LogP contribution >= 0.6 is 0 Å². The smallest absolute Gasteiger partial charge is 0.319 e. The Labute approximate surface area is 124 Å². The molecule has 112 valence electrons. The molecule has 2 rings (SSSR count). The van der Waals surface area contributed by atoms with Crippen molar-refractivity contribution in [2.24, 2.45) is 0 Å². The molecule has 1 unspecified atom stereocenters. The van der Waals surface area contributed by atoms with Crippen molar-refractivity contribution in [1.82, 2.24) is 10.3 Å². The number of benzene rings is 1. The Bertz CT molecular complexity index is 628. The van der Waals surface area contributed by atoms with E-state index >= 15 is 0 Å². The number of fused-ring (bicyclic) bond motifs is 1. The number of urea groups is 1.